The topological polar surface area (TPSA) is 38.9 Å². The molecule has 0 spiro atoms. The number of halogens is 3. The van der Waals surface area contributed by atoms with Gasteiger partial charge in [-0.05, 0) is 42.4 Å². The maximum atomic E-state index is 13.2. The van der Waals surface area contributed by atoms with Gasteiger partial charge in [0.25, 0.3) is 0 Å². The number of nitrogens with two attached hydrogens (primary N) is 1. The van der Waals surface area contributed by atoms with Gasteiger partial charge in [0.15, 0.2) is 0 Å². The number of rotatable bonds is 3. The number of hydrogen-bond acceptors (Lipinski definition) is 2. The van der Waals surface area contributed by atoms with Crippen LogP contribution in [0, 0.1) is 11.8 Å². The summed E-state index contributed by atoms with van der Waals surface area (Å²) in [5, 5.41) is 0. The molecular formula is C15H21F3N2. The molecule has 1 aromatic heterocycles. The minimum Gasteiger partial charge on any atom is -0.327 e. The highest BCUT2D eigenvalue weighted by Gasteiger charge is 2.47. The molecule has 5 heteroatoms. The van der Waals surface area contributed by atoms with E-state index in [1.165, 1.54) is 0 Å². The summed E-state index contributed by atoms with van der Waals surface area (Å²) in [5.41, 5.74) is 7.15. The van der Waals surface area contributed by atoms with Crippen LogP contribution in [0.2, 0.25) is 0 Å². The number of hydrogen-bond donors (Lipinski definition) is 1. The largest absolute Gasteiger partial charge is 0.392 e. The fourth-order valence-corrected chi connectivity index (χ4v) is 3.29. The lowest BCUT2D eigenvalue weighted by atomic mass is 9.71. The smallest absolute Gasteiger partial charge is 0.327 e. The Morgan fingerprint density at radius 3 is 2.40 bits per heavy atom. The van der Waals surface area contributed by atoms with Crippen molar-refractivity contribution < 1.29 is 13.2 Å². The van der Waals surface area contributed by atoms with Gasteiger partial charge in [0.2, 0.25) is 0 Å². The Morgan fingerprint density at radius 2 is 1.80 bits per heavy atom. The van der Waals surface area contributed by atoms with E-state index >= 15 is 0 Å². The molecule has 0 saturated heterocycles. The molecule has 0 radical (unpaired) electrons. The molecule has 1 aromatic rings. The molecule has 1 aliphatic rings. The average Bonchev–Trinajstić information content (AvgIpc) is 2.46. The summed E-state index contributed by atoms with van der Waals surface area (Å²) < 4.78 is 39.5. The van der Waals surface area contributed by atoms with Crippen molar-refractivity contribution in [3.63, 3.8) is 0 Å². The number of nitrogens with zero attached hydrogens (tertiary/aromatic N) is 1. The molecule has 0 aliphatic heterocycles. The van der Waals surface area contributed by atoms with Gasteiger partial charge in [-0.3, -0.25) is 4.98 Å². The van der Waals surface area contributed by atoms with Crippen molar-refractivity contribution in [2.24, 2.45) is 17.6 Å². The zero-order valence-corrected chi connectivity index (χ0v) is 11.6. The number of pyridine rings is 1. The molecular weight excluding hydrogens is 265 g/mol. The molecule has 20 heavy (non-hydrogen) atoms. The molecule has 1 heterocycles. The second kappa shape index (κ2) is 6.12. The minimum atomic E-state index is -4.14. The van der Waals surface area contributed by atoms with Gasteiger partial charge in [0, 0.05) is 18.4 Å². The molecule has 0 aromatic carbocycles. The van der Waals surface area contributed by atoms with E-state index in [9.17, 15) is 13.2 Å². The van der Waals surface area contributed by atoms with E-state index in [1.54, 1.807) is 12.4 Å². The predicted molar refractivity (Wildman–Crippen MR) is 72.1 cm³/mol. The third kappa shape index (κ3) is 3.32. The van der Waals surface area contributed by atoms with Crippen molar-refractivity contribution in [1.82, 2.24) is 4.98 Å². The maximum Gasteiger partial charge on any atom is 0.392 e. The molecule has 2 rings (SSSR count). The molecule has 4 atom stereocenters. The Hall–Kier alpha value is -1.10. The average molecular weight is 286 g/mol. The molecule has 4 unspecified atom stereocenters. The van der Waals surface area contributed by atoms with E-state index in [-0.39, 0.29) is 12.3 Å². The van der Waals surface area contributed by atoms with Crippen molar-refractivity contribution in [2.45, 2.75) is 50.7 Å². The molecule has 1 aliphatic carbocycles. The Kier molecular flexibility index (Phi) is 4.68. The fraction of sp³-hybridized carbons (Fsp3) is 0.667. The van der Waals surface area contributed by atoms with E-state index in [0.717, 1.165) is 12.0 Å². The van der Waals surface area contributed by atoms with Crippen LogP contribution < -0.4 is 5.73 Å². The van der Waals surface area contributed by atoms with E-state index < -0.39 is 24.1 Å². The lowest BCUT2D eigenvalue weighted by Gasteiger charge is -2.39. The molecule has 1 fully saturated rings. The summed E-state index contributed by atoms with van der Waals surface area (Å²) in [6.07, 6.45) is 1.44. The second-order valence-corrected chi connectivity index (χ2v) is 5.74. The van der Waals surface area contributed by atoms with Gasteiger partial charge in [0.1, 0.15) is 0 Å². The van der Waals surface area contributed by atoms with Crippen LogP contribution in [-0.4, -0.2) is 17.2 Å². The third-order valence-corrected chi connectivity index (χ3v) is 4.54. The highest BCUT2D eigenvalue weighted by molar-refractivity contribution is 5.17. The molecule has 2 nitrogen and oxygen atoms in total. The van der Waals surface area contributed by atoms with Gasteiger partial charge < -0.3 is 5.73 Å². The monoisotopic (exact) mass is 286 g/mol. The molecule has 112 valence electrons. The quantitative estimate of drug-likeness (QED) is 0.915. The first-order valence-electron chi connectivity index (χ1n) is 7.13. The highest BCUT2D eigenvalue weighted by atomic mass is 19.4. The summed E-state index contributed by atoms with van der Waals surface area (Å²) >= 11 is 0. The minimum absolute atomic E-state index is 0.0917. The fourth-order valence-electron chi connectivity index (χ4n) is 3.29. The summed E-state index contributed by atoms with van der Waals surface area (Å²) in [7, 11) is 0. The lowest BCUT2D eigenvalue weighted by molar-refractivity contribution is -0.198. The van der Waals surface area contributed by atoms with Crippen LogP contribution in [0.15, 0.2) is 24.5 Å². The van der Waals surface area contributed by atoms with Crippen LogP contribution >= 0.6 is 0 Å². The van der Waals surface area contributed by atoms with Crippen molar-refractivity contribution in [1.29, 1.82) is 0 Å². The summed E-state index contributed by atoms with van der Waals surface area (Å²) in [4.78, 5) is 3.93. The van der Waals surface area contributed by atoms with Crippen LogP contribution in [0.5, 0.6) is 0 Å². The van der Waals surface area contributed by atoms with E-state index in [1.807, 2.05) is 19.1 Å². The van der Waals surface area contributed by atoms with Crippen LogP contribution in [0.1, 0.15) is 44.1 Å². The first-order valence-corrected chi connectivity index (χ1v) is 7.13. The predicted octanol–water partition coefficient (Wildman–Crippen LogP) is 3.88. The summed E-state index contributed by atoms with van der Waals surface area (Å²) in [6, 6.07) is 3.19. The highest BCUT2D eigenvalue weighted by Crippen LogP contribution is 2.44. The first-order chi connectivity index (χ1) is 9.41. The first kappa shape index (κ1) is 15.3. The van der Waals surface area contributed by atoms with E-state index in [0.29, 0.717) is 12.8 Å². The summed E-state index contributed by atoms with van der Waals surface area (Å²) in [6.45, 7) is 1.90. The Balaban J connectivity index is 2.15. The normalized spacial score (nSPS) is 27.1. The van der Waals surface area contributed by atoms with Gasteiger partial charge in [-0.15, -0.1) is 0 Å². The number of aromatic nitrogens is 1. The molecule has 2 N–H and O–H groups in total. The molecule has 0 amide bonds. The van der Waals surface area contributed by atoms with E-state index in [4.69, 9.17) is 5.73 Å². The van der Waals surface area contributed by atoms with Crippen molar-refractivity contribution in [3.05, 3.63) is 30.1 Å². The van der Waals surface area contributed by atoms with Crippen LogP contribution in [0.4, 0.5) is 13.2 Å². The van der Waals surface area contributed by atoms with Crippen molar-refractivity contribution in [3.8, 4) is 0 Å². The van der Waals surface area contributed by atoms with Gasteiger partial charge >= 0.3 is 6.18 Å². The van der Waals surface area contributed by atoms with Gasteiger partial charge in [-0.1, -0.05) is 19.8 Å². The SMILES string of the molecule is CC(c1ccncc1)C(N)C1CCCCC1C(F)(F)F. The zero-order valence-electron chi connectivity index (χ0n) is 11.6. The zero-order chi connectivity index (χ0) is 14.8. The molecule has 0 bridgehead atoms. The van der Waals surface area contributed by atoms with Gasteiger partial charge in [-0.25, -0.2) is 0 Å². The van der Waals surface area contributed by atoms with Gasteiger partial charge in [0.05, 0.1) is 5.92 Å². The molecule has 1 saturated carbocycles. The summed E-state index contributed by atoms with van der Waals surface area (Å²) in [5.74, 6) is -1.83. The van der Waals surface area contributed by atoms with Crippen molar-refractivity contribution in [2.75, 3.05) is 0 Å². The maximum absolute atomic E-state index is 13.2. The van der Waals surface area contributed by atoms with Gasteiger partial charge in [-0.2, -0.15) is 13.2 Å². The van der Waals surface area contributed by atoms with Crippen molar-refractivity contribution >= 4 is 0 Å². The Bertz CT molecular complexity index is 419. The lowest BCUT2D eigenvalue weighted by Crippen LogP contribution is -2.45. The van der Waals surface area contributed by atoms with Crippen LogP contribution in [0.3, 0.4) is 0 Å². The second-order valence-electron chi connectivity index (χ2n) is 5.74. The standard InChI is InChI=1S/C15H21F3N2/c1-10(11-6-8-20-9-7-11)14(19)12-4-2-3-5-13(12)15(16,17)18/h6-10,12-14H,2-5,19H2,1H3. The van der Waals surface area contributed by atoms with Crippen LogP contribution in [0.25, 0.3) is 0 Å². The van der Waals surface area contributed by atoms with Crippen LogP contribution in [-0.2, 0) is 0 Å². The van der Waals surface area contributed by atoms with E-state index in [2.05, 4.69) is 4.98 Å². The third-order valence-electron chi connectivity index (χ3n) is 4.54. The number of alkyl halides is 3. The Labute approximate surface area is 117 Å². The Morgan fingerprint density at radius 1 is 1.20 bits per heavy atom.